The summed E-state index contributed by atoms with van der Waals surface area (Å²) in [5, 5.41) is 4.82. The summed E-state index contributed by atoms with van der Waals surface area (Å²) in [5.74, 6) is 0. The first-order valence-electron chi connectivity index (χ1n) is 7.20. The first kappa shape index (κ1) is 12.9. The van der Waals surface area contributed by atoms with Crippen LogP contribution in [0.4, 0.5) is 0 Å². The molecule has 0 atom stereocenters. The maximum Gasteiger partial charge on any atom is 0.0454 e. The van der Waals surface area contributed by atoms with Crippen molar-refractivity contribution in [3.63, 3.8) is 0 Å². The second-order valence-electron chi connectivity index (χ2n) is 5.13. The molecule has 20 heavy (non-hydrogen) atoms. The lowest BCUT2D eigenvalue weighted by Gasteiger charge is -2.09. The Balaban J connectivity index is 1.64. The van der Waals surface area contributed by atoms with Gasteiger partial charge < -0.3 is 10.3 Å². The largest absolute Gasteiger partial charge is 0.361 e. The highest BCUT2D eigenvalue weighted by Crippen LogP contribution is 2.14. The Labute approximate surface area is 119 Å². The molecule has 0 aliphatic carbocycles. The topological polar surface area (TPSA) is 27.8 Å². The fourth-order valence-corrected chi connectivity index (χ4v) is 2.63. The van der Waals surface area contributed by atoms with Crippen molar-refractivity contribution in [3.05, 3.63) is 71.4 Å². The molecule has 2 N–H and O–H groups in total. The molecular weight excluding hydrogens is 244 g/mol. The lowest BCUT2D eigenvalue weighted by molar-refractivity contribution is 0.689. The summed E-state index contributed by atoms with van der Waals surface area (Å²) < 4.78 is 0. The molecule has 0 unspecified atom stereocenters. The summed E-state index contributed by atoms with van der Waals surface area (Å²) in [6.45, 7) is 4.03. The number of benzene rings is 2. The highest BCUT2D eigenvalue weighted by atomic mass is 14.8. The van der Waals surface area contributed by atoms with E-state index < -0.39 is 0 Å². The van der Waals surface area contributed by atoms with Crippen LogP contribution >= 0.6 is 0 Å². The SMILES string of the molecule is CCc1ccccc1CNCc1ccc2[nH]ccc2c1. The molecule has 3 aromatic rings. The Hall–Kier alpha value is -2.06. The van der Waals surface area contributed by atoms with Crippen molar-refractivity contribution in [2.45, 2.75) is 26.4 Å². The van der Waals surface area contributed by atoms with E-state index in [4.69, 9.17) is 0 Å². The Morgan fingerprint density at radius 3 is 2.65 bits per heavy atom. The zero-order chi connectivity index (χ0) is 13.8. The van der Waals surface area contributed by atoms with E-state index in [2.05, 4.69) is 65.8 Å². The molecule has 2 heteroatoms. The number of aryl methyl sites for hydroxylation is 1. The van der Waals surface area contributed by atoms with Crippen molar-refractivity contribution >= 4 is 10.9 Å². The minimum Gasteiger partial charge on any atom is -0.361 e. The molecule has 0 radical (unpaired) electrons. The molecule has 0 saturated carbocycles. The molecule has 0 aliphatic heterocycles. The third-order valence-corrected chi connectivity index (χ3v) is 3.76. The van der Waals surface area contributed by atoms with Crippen molar-refractivity contribution < 1.29 is 0 Å². The van der Waals surface area contributed by atoms with Gasteiger partial charge in [-0.05, 0) is 46.7 Å². The molecule has 0 aliphatic rings. The Morgan fingerprint density at radius 1 is 0.950 bits per heavy atom. The Morgan fingerprint density at radius 2 is 1.80 bits per heavy atom. The van der Waals surface area contributed by atoms with E-state index >= 15 is 0 Å². The van der Waals surface area contributed by atoms with Gasteiger partial charge in [0.1, 0.15) is 0 Å². The molecule has 2 nitrogen and oxygen atoms in total. The van der Waals surface area contributed by atoms with Gasteiger partial charge in [0.2, 0.25) is 0 Å². The zero-order valence-corrected chi connectivity index (χ0v) is 11.8. The van der Waals surface area contributed by atoms with Crippen LogP contribution in [0.2, 0.25) is 0 Å². The third kappa shape index (κ3) is 2.75. The van der Waals surface area contributed by atoms with Gasteiger partial charge in [0.05, 0.1) is 0 Å². The third-order valence-electron chi connectivity index (χ3n) is 3.76. The number of H-pyrrole nitrogens is 1. The van der Waals surface area contributed by atoms with Crippen LogP contribution in [0.15, 0.2) is 54.7 Å². The van der Waals surface area contributed by atoms with Gasteiger partial charge in [0.25, 0.3) is 0 Å². The van der Waals surface area contributed by atoms with E-state index in [0.717, 1.165) is 19.5 Å². The fourth-order valence-electron chi connectivity index (χ4n) is 2.63. The predicted molar refractivity (Wildman–Crippen MR) is 84.7 cm³/mol. The van der Waals surface area contributed by atoms with Crippen molar-refractivity contribution in [2.75, 3.05) is 0 Å². The number of rotatable bonds is 5. The van der Waals surface area contributed by atoms with Crippen LogP contribution in [0.1, 0.15) is 23.6 Å². The molecule has 3 rings (SSSR count). The van der Waals surface area contributed by atoms with Gasteiger partial charge in [-0.15, -0.1) is 0 Å². The number of aromatic nitrogens is 1. The second-order valence-corrected chi connectivity index (χ2v) is 5.13. The first-order chi connectivity index (χ1) is 9.86. The first-order valence-corrected chi connectivity index (χ1v) is 7.20. The number of fused-ring (bicyclic) bond motifs is 1. The summed E-state index contributed by atoms with van der Waals surface area (Å²) in [6, 6.07) is 17.3. The van der Waals surface area contributed by atoms with E-state index in [-0.39, 0.29) is 0 Å². The van der Waals surface area contributed by atoms with Crippen LogP contribution in [-0.2, 0) is 19.5 Å². The summed E-state index contributed by atoms with van der Waals surface area (Å²) in [4.78, 5) is 3.22. The molecule has 0 fully saturated rings. The lowest BCUT2D eigenvalue weighted by atomic mass is 10.1. The zero-order valence-electron chi connectivity index (χ0n) is 11.8. The molecule has 0 spiro atoms. The van der Waals surface area contributed by atoms with Gasteiger partial charge >= 0.3 is 0 Å². The van der Waals surface area contributed by atoms with E-state index in [0.29, 0.717) is 0 Å². The van der Waals surface area contributed by atoms with Gasteiger partial charge in [0, 0.05) is 24.8 Å². The molecule has 1 aromatic heterocycles. The van der Waals surface area contributed by atoms with Gasteiger partial charge in [0.15, 0.2) is 0 Å². The van der Waals surface area contributed by atoms with E-state index in [1.54, 1.807) is 0 Å². The minimum atomic E-state index is 0.902. The molecule has 2 aromatic carbocycles. The Bertz CT molecular complexity index is 697. The minimum absolute atomic E-state index is 0.902. The van der Waals surface area contributed by atoms with Gasteiger partial charge in [-0.3, -0.25) is 0 Å². The van der Waals surface area contributed by atoms with Crippen molar-refractivity contribution in [2.24, 2.45) is 0 Å². The number of hydrogen-bond acceptors (Lipinski definition) is 1. The monoisotopic (exact) mass is 264 g/mol. The normalized spacial score (nSPS) is 11.1. The van der Waals surface area contributed by atoms with Crippen LogP contribution in [-0.4, -0.2) is 4.98 Å². The second kappa shape index (κ2) is 5.93. The fraction of sp³-hybridized carbons (Fsp3) is 0.222. The summed E-state index contributed by atoms with van der Waals surface area (Å²) in [5.41, 5.74) is 5.36. The maximum absolute atomic E-state index is 3.54. The summed E-state index contributed by atoms with van der Waals surface area (Å²) >= 11 is 0. The van der Waals surface area contributed by atoms with Gasteiger partial charge in [-0.2, -0.15) is 0 Å². The van der Waals surface area contributed by atoms with Crippen LogP contribution in [0.5, 0.6) is 0 Å². The van der Waals surface area contributed by atoms with Crippen molar-refractivity contribution in [1.82, 2.24) is 10.3 Å². The van der Waals surface area contributed by atoms with Crippen LogP contribution < -0.4 is 5.32 Å². The standard InChI is InChI=1S/C18H20N2/c1-2-15-5-3-4-6-17(15)13-19-12-14-7-8-18-16(11-14)9-10-20-18/h3-11,19-20H,2,12-13H2,1H3. The van der Waals surface area contributed by atoms with Crippen LogP contribution in [0.3, 0.4) is 0 Å². The molecule has 0 bridgehead atoms. The Kier molecular flexibility index (Phi) is 3.84. The maximum atomic E-state index is 3.54. The van der Waals surface area contributed by atoms with E-state index in [1.165, 1.54) is 27.6 Å². The van der Waals surface area contributed by atoms with E-state index in [1.807, 2.05) is 6.20 Å². The van der Waals surface area contributed by atoms with Gasteiger partial charge in [-0.25, -0.2) is 0 Å². The summed E-state index contributed by atoms with van der Waals surface area (Å²) in [7, 11) is 0. The molecule has 0 saturated heterocycles. The number of aromatic amines is 1. The smallest absolute Gasteiger partial charge is 0.0454 e. The number of hydrogen-bond donors (Lipinski definition) is 2. The molecule has 1 heterocycles. The molecule has 102 valence electrons. The molecule has 0 amide bonds. The van der Waals surface area contributed by atoms with Crippen LogP contribution in [0.25, 0.3) is 10.9 Å². The lowest BCUT2D eigenvalue weighted by Crippen LogP contribution is -2.13. The number of nitrogens with one attached hydrogen (secondary N) is 2. The quantitative estimate of drug-likeness (QED) is 0.715. The summed E-state index contributed by atoms with van der Waals surface area (Å²) in [6.07, 6.45) is 3.08. The molecular formula is C18H20N2. The van der Waals surface area contributed by atoms with Crippen molar-refractivity contribution in [3.8, 4) is 0 Å². The van der Waals surface area contributed by atoms with Crippen molar-refractivity contribution in [1.29, 1.82) is 0 Å². The highest BCUT2D eigenvalue weighted by molar-refractivity contribution is 5.79. The predicted octanol–water partition coefficient (Wildman–Crippen LogP) is 4.02. The average Bonchev–Trinajstić information content (AvgIpc) is 2.95. The van der Waals surface area contributed by atoms with Gasteiger partial charge in [-0.1, -0.05) is 37.3 Å². The average molecular weight is 264 g/mol. The van der Waals surface area contributed by atoms with Crippen LogP contribution in [0, 0.1) is 0 Å². The highest BCUT2D eigenvalue weighted by Gasteiger charge is 2.00. The van der Waals surface area contributed by atoms with E-state index in [9.17, 15) is 0 Å².